The summed E-state index contributed by atoms with van der Waals surface area (Å²) in [6.45, 7) is 0.192. The summed E-state index contributed by atoms with van der Waals surface area (Å²) in [6, 6.07) is 25.2. The minimum absolute atomic E-state index is 0.0439. The number of esters is 1. The zero-order valence-corrected chi connectivity index (χ0v) is 17.4. The van der Waals surface area contributed by atoms with E-state index in [4.69, 9.17) is 26.2 Å². The normalized spacial score (nSPS) is 22.4. The lowest BCUT2D eigenvalue weighted by molar-refractivity contribution is -0.144. The highest BCUT2D eigenvalue weighted by Crippen LogP contribution is 2.69. The first kappa shape index (κ1) is 20.5. The number of hydrogen-bond acceptors (Lipinski definition) is 4. The monoisotopic (exact) mass is 422 g/mol. The third kappa shape index (κ3) is 3.17. The van der Waals surface area contributed by atoms with E-state index in [1.54, 1.807) is 0 Å². The Labute approximate surface area is 181 Å². The minimum Gasteiger partial charge on any atom is -0.491 e. The number of aliphatic hydroxyl groups is 1. The molecule has 30 heavy (non-hydrogen) atoms. The molecule has 1 N–H and O–H groups in total. The van der Waals surface area contributed by atoms with Crippen LogP contribution < -0.4 is 4.74 Å². The second kappa shape index (κ2) is 8.13. The molecule has 0 aliphatic heterocycles. The zero-order chi connectivity index (χ0) is 21.2. The molecule has 0 radical (unpaired) electrons. The van der Waals surface area contributed by atoms with E-state index in [0.717, 1.165) is 16.7 Å². The van der Waals surface area contributed by atoms with E-state index in [1.165, 1.54) is 7.11 Å². The molecule has 1 fully saturated rings. The van der Waals surface area contributed by atoms with Crippen LogP contribution in [0.2, 0.25) is 5.02 Å². The molecule has 0 saturated heterocycles. The molecule has 4 nitrogen and oxygen atoms in total. The van der Waals surface area contributed by atoms with Crippen LogP contribution in [0.25, 0.3) is 0 Å². The van der Waals surface area contributed by atoms with E-state index < -0.39 is 10.8 Å². The van der Waals surface area contributed by atoms with Gasteiger partial charge >= 0.3 is 5.97 Å². The van der Waals surface area contributed by atoms with Gasteiger partial charge in [-0.15, -0.1) is 0 Å². The maximum atomic E-state index is 13.2. The van der Waals surface area contributed by atoms with Crippen LogP contribution in [0, 0.1) is 0 Å². The van der Waals surface area contributed by atoms with Crippen molar-refractivity contribution in [2.45, 2.75) is 17.3 Å². The van der Waals surface area contributed by atoms with Gasteiger partial charge in [0.1, 0.15) is 17.8 Å². The number of halogens is 1. The van der Waals surface area contributed by atoms with Crippen molar-refractivity contribution in [2.24, 2.45) is 0 Å². The minimum atomic E-state index is -0.846. The quantitative estimate of drug-likeness (QED) is 0.569. The Kier molecular flexibility index (Phi) is 5.54. The highest BCUT2D eigenvalue weighted by molar-refractivity contribution is 6.30. The lowest BCUT2D eigenvalue weighted by Crippen LogP contribution is -2.32. The number of carbonyl (C=O) groups excluding carboxylic acids is 1. The molecule has 154 valence electrons. The van der Waals surface area contributed by atoms with Crippen LogP contribution in [0.15, 0.2) is 78.9 Å². The van der Waals surface area contributed by atoms with Crippen molar-refractivity contribution in [3.8, 4) is 5.75 Å². The van der Waals surface area contributed by atoms with Gasteiger partial charge in [0.05, 0.1) is 13.7 Å². The fourth-order valence-electron chi connectivity index (χ4n) is 4.56. The van der Waals surface area contributed by atoms with Gasteiger partial charge in [-0.3, -0.25) is 4.79 Å². The van der Waals surface area contributed by atoms with E-state index in [-0.39, 0.29) is 19.2 Å². The highest BCUT2D eigenvalue weighted by Gasteiger charge is 2.74. The van der Waals surface area contributed by atoms with Crippen molar-refractivity contribution in [2.75, 3.05) is 20.3 Å². The number of ether oxygens (including phenoxy) is 2. The van der Waals surface area contributed by atoms with Gasteiger partial charge in [-0.2, -0.15) is 0 Å². The molecule has 2 atom stereocenters. The summed E-state index contributed by atoms with van der Waals surface area (Å²) >= 11 is 6.11. The van der Waals surface area contributed by atoms with Crippen LogP contribution >= 0.6 is 11.6 Å². The fraction of sp³-hybridized carbons (Fsp3) is 0.240. The zero-order valence-electron chi connectivity index (χ0n) is 16.7. The summed E-state index contributed by atoms with van der Waals surface area (Å²) in [7, 11) is 1.43. The molecule has 3 aromatic rings. The molecule has 0 heterocycles. The van der Waals surface area contributed by atoms with Gasteiger partial charge in [-0.05, 0) is 47.4 Å². The Balaban J connectivity index is 1.87. The van der Waals surface area contributed by atoms with Crippen molar-refractivity contribution >= 4 is 17.6 Å². The van der Waals surface area contributed by atoms with Gasteiger partial charge in [0, 0.05) is 10.4 Å². The SMILES string of the molecule is COC(=O)[C@@]1(c2ccc(Cl)cc2)C[C@@]1(c1ccccc1)c1ccc(OCCO)cc1. The van der Waals surface area contributed by atoms with Crippen molar-refractivity contribution < 1.29 is 19.4 Å². The Hall–Kier alpha value is -2.82. The largest absolute Gasteiger partial charge is 0.491 e. The van der Waals surface area contributed by atoms with Gasteiger partial charge in [0.2, 0.25) is 0 Å². The summed E-state index contributed by atoms with van der Waals surface area (Å²) in [5, 5.41) is 9.61. The van der Waals surface area contributed by atoms with Crippen molar-refractivity contribution in [1.29, 1.82) is 0 Å². The molecule has 0 unspecified atom stereocenters. The Morgan fingerprint density at radius 1 is 0.933 bits per heavy atom. The second-order valence-corrected chi connectivity index (χ2v) is 7.88. The van der Waals surface area contributed by atoms with Crippen molar-refractivity contribution in [3.63, 3.8) is 0 Å². The molecule has 1 saturated carbocycles. The Morgan fingerprint density at radius 2 is 1.53 bits per heavy atom. The van der Waals surface area contributed by atoms with E-state index in [9.17, 15) is 4.79 Å². The summed E-state index contributed by atoms with van der Waals surface area (Å²) < 4.78 is 10.8. The first-order chi connectivity index (χ1) is 14.6. The Morgan fingerprint density at radius 3 is 2.13 bits per heavy atom. The Bertz CT molecular complexity index is 1020. The molecule has 0 spiro atoms. The second-order valence-electron chi connectivity index (χ2n) is 7.45. The number of benzene rings is 3. The topological polar surface area (TPSA) is 55.8 Å². The van der Waals surface area contributed by atoms with Crippen molar-refractivity contribution in [1.82, 2.24) is 0 Å². The summed E-state index contributed by atoms with van der Waals surface area (Å²) in [5.41, 5.74) is 1.52. The number of methoxy groups -OCH3 is 1. The molecule has 1 aliphatic rings. The number of rotatable bonds is 7. The third-order valence-electron chi connectivity index (χ3n) is 5.98. The standard InChI is InChI=1S/C25H23ClO4/c1-29-23(28)25(20-7-11-21(26)12-8-20)17-24(25,18-5-3-2-4-6-18)19-9-13-22(14-10-19)30-16-15-27/h2-14,27H,15-17H2,1H3/t24-,25+/m1/s1. The van der Waals surface area contributed by atoms with Crippen molar-refractivity contribution in [3.05, 3.63) is 101 Å². The lowest BCUT2D eigenvalue weighted by atomic mass is 9.77. The van der Waals surface area contributed by atoms with Crippen LogP contribution in [0.4, 0.5) is 0 Å². The highest BCUT2D eigenvalue weighted by atomic mass is 35.5. The first-order valence-electron chi connectivity index (χ1n) is 9.83. The average Bonchev–Trinajstić information content (AvgIpc) is 3.51. The molecule has 0 bridgehead atoms. The van der Waals surface area contributed by atoms with Crippen LogP contribution in [-0.2, 0) is 20.4 Å². The molecule has 1 aliphatic carbocycles. The smallest absolute Gasteiger partial charge is 0.317 e. The molecule has 0 aromatic heterocycles. The van der Waals surface area contributed by atoms with Crippen LogP contribution in [-0.4, -0.2) is 31.4 Å². The van der Waals surface area contributed by atoms with Gasteiger partial charge in [-0.1, -0.05) is 66.2 Å². The van der Waals surface area contributed by atoms with Gasteiger partial charge < -0.3 is 14.6 Å². The molecule has 5 heteroatoms. The molecular weight excluding hydrogens is 400 g/mol. The van der Waals surface area contributed by atoms with E-state index in [1.807, 2.05) is 66.7 Å². The predicted molar refractivity (Wildman–Crippen MR) is 116 cm³/mol. The maximum Gasteiger partial charge on any atom is 0.317 e. The number of aliphatic hydroxyl groups excluding tert-OH is 1. The van der Waals surface area contributed by atoms with E-state index >= 15 is 0 Å². The number of hydrogen-bond donors (Lipinski definition) is 1. The van der Waals surface area contributed by atoms with Crippen LogP contribution in [0.5, 0.6) is 5.75 Å². The molecular formula is C25H23ClO4. The third-order valence-corrected chi connectivity index (χ3v) is 6.23. The lowest BCUT2D eigenvalue weighted by Gasteiger charge is -2.26. The van der Waals surface area contributed by atoms with E-state index in [0.29, 0.717) is 17.2 Å². The fourth-order valence-corrected chi connectivity index (χ4v) is 4.69. The first-order valence-corrected chi connectivity index (χ1v) is 10.2. The maximum absolute atomic E-state index is 13.2. The van der Waals surface area contributed by atoms with Gasteiger partial charge in [0.15, 0.2) is 0 Å². The molecule has 3 aromatic carbocycles. The predicted octanol–water partition coefficient (Wildman–Crippen LogP) is 4.51. The summed E-state index contributed by atoms with van der Waals surface area (Å²) in [5.74, 6) is 0.404. The van der Waals surface area contributed by atoms with Gasteiger partial charge in [-0.25, -0.2) is 0 Å². The van der Waals surface area contributed by atoms with E-state index in [2.05, 4.69) is 12.1 Å². The molecule has 0 amide bonds. The number of carbonyl (C=O) groups is 1. The molecule has 4 rings (SSSR count). The summed E-state index contributed by atoms with van der Waals surface area (Å²) in [4.78, 5) is 13.2. The van der Waals surface area contributed by atoms with Crippen LogP contribution in [0.3, 0.4) is 0 Å². The average molecular weight is 423 g/mol. The van der Waals surface area contributed by atoms with Crippen LogP contribution in [0.1, 0.15) is 23.1 Å². The van der Waals surface area contributed by atoms with Gasteiger partial charge in [0.25, 0.3) is 0 Å². The summed E-state index contributed by atoms with van der Waals surface area (Å²) in [6.07, 6.45) is 0.592.